The molecule has 0 aliphatic carbocycles. The number of ether oxygens (including phenoxy) is 2. The summed E-state index contributed by atoms with van der Waals surface area (Å²) in [4.78, 5) is 25.3. The van der Waals surface area contributed by atoms with Crippen LogP contribution in [0.4, 0.5) is 5.69 Å². The maximum absolute atomic E-state index is 12.8. The molecular weight excluding hydrogens is 356 g/mol. The minimum Gasteiger partial charge on any atom is -0.490 e. The highest BCUT2D eigenvalue weighted by Gasteiger charge is 2.16. The Morgan fingerprint density at radius 2 is 1.61 bits per heavy atom. The quantitative estimate of drug-likeness (QED) is 0.677. The fraction of sp³-hybridized carbons (Fsp3) is 0.364. The normalized spacial score (nSPS) is 11.4. The first-order chi connectivity index (χ1) is 13.5. The van der Waals surface area contributed by atoms with Gasteiger partial charge < -0.3 is 20.1 Å². The van der Waals surface area contributed by atoms with Crippen LogP contribution >= 0.6 is 0 Å². The summed E-state index contributed by atoms with van der Waals surface area (Å²) in [5.41, 5.74) is 1.30. The average Bonchev–Trinajstić information content (AvgIpc) is 2.69. The summed E-state index contributed by atoms with van der Waals surface area (Å²) in [6.45, 7) is 8.66. The predicted octanol–water partition coefficient (Wildman–Crippen LogP) is 4.26. The SMILES string of the molecule is CCOc1ccc(C(=O)Nc2ccccc2C(=O)N[C@@H](C)CC)cc1OCC. The summed E-state index contributed by atoms with van der Waals surface area (Å²) in [5, 5.41) is 5.74. The fourth-order valence-corrected chi connectivity index (χ4v) is 2.58. The highest BCUT2D eigenvalue weighted by Crippen LogP contribution is 2.29. The van der Waals surface area contributed by atoms with Crippen molar-refractivity contribution in [2.45, 2.75) is 40.2 Å². The molecule has 6 heteroatoms. The zero-order valence-corrected chi connectivity index (χ0v) is 16.9. The third-order valence-electron chi connectivity index (χ3n) is 4.22. The number of carbonyl (C=O) groups is 2. The number of hydrogen-bond acceptors (Lipinski definition) is 4. The van der Waals surface area contributed by atoms with Gasteiger partial charge in [-0.05, 0) is 57.5 Å². The van der Waals surface area contributed by atoms with E-state index in [0.717, 1.165) is 6.42 Å². The van der Waals surface area contributed by atoms with Crippen LogP contribution in [0.25, 0.3) is 0 Å². The molecule has 150 valence electrons. The van der Waals surface area contributed by atoms with E-state index in [-0.39, 0.29) is 17.9 Å². The van der Waals surface area contributed by atoms with Gasteiger partial charge in [0.05, 0.1) is 24.5 Å². The molecule has 0 bridgehead atoms. The first-order valence-electron chi connectivity index (χ1n) is 9.60. The lowest BCUT2D eigenvalue weighted by molar-refractivity contribution is 0.0940. The van der Waals surface area contributed by atoms with E-state index < -0.39 is 0 Å². The first-order valence-corrected chi connectivity index (χ1v) is 9.60. The minimum atomic E-state index is -0.326. The van der Waals surface area contributed by atoms with Gasteiger partial charge >= 0.3 is 0 Å². The molecule has 1 atom stereocenters. The van der Waals surface area contributed by atoms with E-state index in [2.05, 4.69) is 10.6 Å². The van der Waals surface area contributed by atoms with Crippen LogP contribution < -0.4 is 20.1 Å². The van der Waals surface area contributed by atoms with E-state index in [1.807, 2.05) is 27.7 Å². The highest BCUT2D eigenvalue weighted by atomic mass is 16.5. The van der Waals surface area contributed by atoms with Crippen LogP contribution in [0.15, 0.2) is 42.5 Å². The average molecular weight is 384 g/mol. The molecule has 0 heterocycles. The Morgan fingerprint density at radius 1 is 0.929 bits per heavy atom. The summed E-state index contributed by atoms with van der Waals surface area (Å²) < 4.78 is 11.1. The second-order valence-electron chi connectivity index (χ2n) is 6.31. The largest absolute Gasteiger partial charge is 0.490 e. The van der Waals surface area contributed by atoms with Crippen molar-refractivity contribution >= 4 is 17.5 Å². The molecule has 0 saturated carbocycles. The summed E-state index contributed by atoms with van der Waals surface area (Å²) in [7, 11) is 0. The van der Waals surface area contributed by atoms with Crippen molar-refractivity contribution < 1.29 is 19.1 Å². The van der Waals surface area contributed by atoms with Gasteiger partial charge in [0, 0.05) is 11.6 Å². The molecule has 0 radical (unpaired) electrons. The van der Waals surface area contributed by atoms with Crippen molar-refractivity contribution in [2.24, 2.45) is 0 Å². The molecule has 0 fully saturated rings. The van der Waals surface area contributed by atoms with Gasteiger partial charge in [0.15, 0.2) is 11.5 Å². The van der Waals surface area contributed by atoms with Crippen molar-refractivity contribution in [2.75, 3.05) is 18.5 Å². The van der Waals surface area contributed by atoms with Crippen LogP contribution in [0.5, 0.6) is 11.5 Å². The van der Waals surface area contributed by atoms with Crippen LogP contribution in [0, 0.1) is 0 Å². The standard InChI is InChI=1S/C22H28N2O4/c1-5-15(4)23-22(26)17-10-8-9-11-18(17)24-21(25)16-12-13-19(27-6-2)20(14-16)28-7-3/h8-15H,5-7H2,1-4H3,(H,23,26)(H,24,25)/t15-/m0/s1. The number of anilines is 1. The molecule has 0 spiro atoms. The number of nitrogens with one attached hydrogen (secondary N) is 2. The molecule has 2 amide bonds. The van der Waals surface area contributed by atoms with Crippen LogP contribution in [0.2, 0.25) is 0 Å². The molecule has 0 unspecified atom stereocenters. The highest BCUT2D eigenvalue weighted by molar-refractivity contribution is 6.09. The van der Waals surface area contributed by atoms with Crippen molar-refractivity contribution in [3.05, 3.63) is 53.6 Å². The molecule has 2 aromatic carbocycles. The first kappa shape index (κ1) is 21.3. The van der Waals surface area contributed by atoms with E-state index in [1.165, 1.54) is 0 Å². The van der Waals surface area contributed by atoms with Gasteiger partial charge in [-0.3, -0.25) is 9.59 Å². The third-order valence-corrected chi connectivity index (χ3v) is 4.22. The molecular formula is C22H28N2O4. The second kappa shape index (κ2) is 10.3. The molecule has 6 nitrogen and oxygen atoms in total. The Kier molecular flexibility index (Phi) is 7.87. The monoisotopic (exact) mass is 384 g/mol. The molecule has 0 saturated heterocycles. The van der Waals surface area contributed by atoms with E-state index in [1.54, 1.807) is 42.5 Å². The summed E-state index contributed by atoms with van der Waals surface area (Å²) in [5.74, 6) is 0.564. The zero-order chi connectivity index (χ0) is 20.5. The Balaban J connectivity index is 2.23. The Hall–Kier alpha value is -3.02. The lowest BCUT2D eigenvalue weighted by Gasteiger charge is -2.15. The van der Waals surface area contributed by atoms with Crippen molar-refractivity contribution in [1.29, 1.82) is 0 Å². The molecule has 0 aliphatic rings. The van der Waals surface area contributed by atoms with E-state index in [9.17, 15) is 9.59 Å². The molecule has 28 heavy (non-hydrogen) atoms. The molecule has 2 N–H and O–H groups in total. The number of hydrogen-bond donors (Lipinski definition) is 2. The smallest absolute Gasteiger partial charge is 0.255 e. The lowest BCUT2D eigenvalue weighted by atomic mass is 10.1. The summed E-state index contributed by atoms with van der Waals surface area (Å²) in [6, 6.07) is 12.0. The van der Waals surface area contributed by atoms with Gasteiger partial charge in [-0.25, -0.2) is 0 Å². The maximum Gasteiger partial charge on any atom is 0.255 e. The van der Waals surface area contributed by atoms with Crippen molar-refractivity contribution in [3.63, 3.8) is 0 Å². The summed E-state index contributed by atoms with van der Waals surface area (Å²) >= 11 is 0. The topological polar surface area (TPSA) is 76.7 Å². The van der Waals surface area contributed by atoms with E-state index in [0.29, 0.717) is 41.5 Å². The van der Waals surface area contributed by atoms with Gasteiger partial charge in [-0.1, -0.05) is 19.1 Å². The fourth-order valence-electron chi connectivity index (χ4n) is 2.58. The minimum absolute atomic E-state index is 0.0520. The predicted molar refractivity (Wildman–Crippen MR) is 110 cm³/mol. The summed E-state index contributed by atoms with van der Waals surface area (Å²) in [6.07, 6.45) is 0.826. The second-order valence-corrected chi connectivity index (χ2v) is 6.31. The Bertz CT molecular complexity index is 820. The molecule has 0 aliphatic heterocycles. The van der Waals surface area contributed by atoms with Gasteiger partial charge in [0.1, 0.15) is 0 Å². The van der Waals surface area contributed by atoms with Crippen molar-refractivity contribution in [1.82, 2.24) is 5.32 Å². The van der Waals surface area contributed by atoms with Crippen LogP contribution in [-0.2, 0) is 0 Å². The Morgan fingerprint density at radius 3 is 2.29 bits per heavy atom. The van der Waals surface area contributed by atoms with Gasteiger partial charge in [0.2, 0.25) is 0 Å². The molecule has 2 rings (SSSR count). The number of amides is 2. The number of para-hydroxylation sites is 1. The van der Waals surface area contributed by atoms with Gasteiger partial charge in [0.25, 0.3) is 11.8 Å². The van der Waals surface area contributed by atoms with E-state index >= 15 is 0 Å². The Labute approximate surface area is 166 Å². The number of benzene rings is 2. The third kappa shape index (κ3) is 5.49. The number of carbonyl (C=O) groups excluding carboxylic acids is 2. The van der Waals surface area contributed by atoms with Crippen molar-refractivity contribution in [3.8, 4) is 11.5 Å². The number of rotatable bonds is 9. The molecule has 2 aromatic rings. The van der Waals surface area contributed by atoms with Crippen LogP contribution in [0.1, 0.15) is 54.8 Å². The zero-order valence-electron chi connectivity index (χ0n) is 16.9. The van der Waals surface area contributed by atoms with Gasteiger partial charge in [-0.2, -0.15) is 0 Å². The maximum atomic E-state index is 12.8. The lowest BCUT2D eigenvalue weighted by Crippen LogP contribution is -2.32. The van der Waals surface area contributed by atoms with Crippen LogP contribution in [-0.4, -0.2) is 31.1 Å². The molecule has 0 aromatic heterocycles. The van der Waals surface area contributed by atoms with Gasteiger partial charge in [-0.15, -0.1) is 0 Å². The van der Waals surface area contributed by atoms with E-state index in [4.69, 9.17) is 9.47 Å². The van der Waals surface area contributed by atoms with Crippen LogP contribution in [0.3, 0.4) is 0 Å².